The van der Waals surface area contributed by atoms with Crippen LogP contribution in [0.2, 0.25) is 0 Å². The summed E-state index contributed by atoms with van der Waals surface area (Å²) in [6, 6.07) is 67.9. The van der Waals surface area contributed by atoms with E-state index in [0.29, 0.717) is 0 Å². The van der Waals surface area contributed by atoms with Gasteiger partial charge in [0, 0.05) is 77.9 Å². The van der Waals surface area contributed by atoms with E-state index in [0.717, 1.165) is 77.9 Å². The molecule has 0 radical (unpaired) electrons. The minimum Gasteiger partial charge on any atom is -0.0622 e. The molecule has 0 heteroatoms. The van der Waals surface area contributed by atoms with Crippen LogP contribution in [0.5, 0.6) is 0 Å². The first-order chi connectivity index (χ1) is 30.6. The van der Waals surface area contributed by atoms with Gasteiger partial charge in [-0.15, -0.1) is 0 Å². The van der Waals surface area contributed by atoms with Crippen molar-refractivity contribution in [3.8, 4) is 82.9 Å². The van der Waals surface area contributed by atoms with Gasteiger partial charge in [0.15, 0.2) is 0 Å². The topological polar surface area (TPSA) is 0 Å². The Balaban J connectivity index is 0.822. The average Bonchev–Trinajstić information content (AvgIpc) is 3.34. The van der Waals surface area contributed by atoms with Gasteiger partial charge in [-0.2, -0.15) is 0 Å². The van der Waals surface area contributed by atoms with Crippen LogP contribution in [0, 0.1) is 82.9 Å². The van der Waals surface area contributed by atoms with Crippen LogP contribution in [0.1, 0.15) is 77.9 Å². The minimum atomic E-state index is 0.901. The largest absolute Gasteiger partial charge is 0.0622 e. The van der Waals surface area contributed by atoms with E-state index in [1.54, 1.807) is 0 Å². The van der Waals surface area contributed by atoms with Crippen LogP contribution in [0.25, 0.3) is 0 Å². The number of rotatable bonds is 0. The second-order valence-corrected chi connectivity index (χ2v) is 13.9. The fourth-order valence-electron chi connectivity index (χ4n) is 5.91. The molecule has 0 saturated carbocycles. The van der Waals surface area contributed by atoms with Crippen molar-refractivity contribution >= 4 is 0 Å². The normalized spacial score (nSPS) is 9.35. The summed E-state index contributed by atoms with van der Waals surface area (Å²) >= 11 is 0. The third-order valence-electron chi connectivity index (χ3n) is 9.29. The van der Waals surface area contributed by atoms with Gasteiger partial charge in [-0.25, -0.2) is 0 Å². The van der Waals surface area contributed by atoms with E-state index >= 15 is 0 Å². The number of hydrogen-bond acceptors (Lipinski definition) is 0. The number of benzene rings is 8. The second kappa shape index (κ2) is 20.4. The molecule has 0 bridgehead atoms. The molecule has 282 valence electrons. The van der Waals surface area contributed by atoms with Crippen molar-refractivity contribution < 1.29 is 0 Å². The van der Waals surface area contributed by atoms with Crippen LogP contribution in [0.15, 0.2) is 206 Å². The predicted molar refractivity (Wildman–Crippen MR) is 253 cm³/mol. The summed E-state index contributed by atoms with van der Waals surface area (Å²) in [7, 11) is 0. The highest BCUT2D eigenvalue weighted by molar-refractivity contribution is 5.54. The highest BCUT2D eigenvalue weighted by Crippen LogP contribution is 2.10. The summed E-state index contributed by atoms with van der Waals surface area (Å²) in [6.07, 6.45) is 0. The lowest BCUT2D eigenvalue weighted by Gasteiger charge is -1.95. The maximum absolute atomic E-state index is 3.27. The summed E-state index contributed by atoms with van der Waals surface area (Å²) in [5, 5.41) is 0. The first-order valence-corrected chi connectivity index (χ1v) is 20.0. The van der Waals surface area contributed by atoms with Crippen LogP contribution < -0.4 is 0 Å². The van der Waals surface area contributed by atoms with Crippen LogP contribution in [-0.4, -0.2) is 0 Å². The van der Waals surface area contributed by atoms with Gasteiger partial charge in [0.25, 0.3) is 0 Å². The molecule has 8 aromatic rings. The van der Waals surface area contributed by atoms with Crippen LogP contribution in [0.3, 0.4) is 0 Å². The molecule has 0 aliphatic carbocycles. The Kier molecular flexibility index (Phi) is 13.0. The summed E-state index contributed by atoms with van der Waals surface area (Å²) < 4.78 is 0. The van der Waals surface area contributed by atoms with Gasteiger partial charge >= 0.3 is 0 Å². The first-order valence-electron chi connectivity index (χ1n) is 20.0. The Bertz CT molecular complexity index is 3290. The highest BCUT2D eigenvalue weighted by Gasteiger charge is 1.96. The summed E-state index contributed by atoms with van der Waals surface area (Å²) in [5.74, 6) is 45.3. The molecule has 0 spiro atoms. The van der Waals surface area contributed by atoms with Crippen molar-refractivity contribution in [1.29, 1.82) is 0 Å². The molecule has 0 aliphatic heterocycles. The van der Waals surface area contributed by atoms with Crippen molar-refractivity contribution in [1.82, 2.24) is 0 Å². The van der Waals surface area contributed by atoms with Crippen molar-refractivity contribution in [3.63, 3.8) is 0 Å². The standard InChI is InChI=1S/C62H34/c1-3-8-49(9-4-1)14-16-51-18-22-53(23-19-51)26-27-55-28-30-56(31-29-55)33-35-58-38-42-60(43-39-58)45-47-62-13-7-12-61(48-62)46-44-59-40-36-57(37-41-59)34-32-54-24-20-52(21-25-54)17-15-50-10-5-2-6-11-50/h1-13,18-25,28-31,36-43,48H. The van der Waals surface area contributed by atoms with E-state index in [1.807, 2.05) is 206 Å². The summed E-state index contributed by atoms with van der Waals surface area (Å²) in [4.78, 5) is 0. The maximum Gasteiger partial charge on any atom is 0.0261 e. The Hall–Kier alpha value is -9.32. The molecule has 0 aliphatic rings. The molecule has 0 fully saturated rings. The summed E-state index contributed by atoms with van der Waals surface area (Å²) in [6.45, 7) is 0. The molecular weight excluding hydrogens is 745 g/mol. The molecule has 0 heterocycles. The molecule has 0 atom stereocenters. The zero-order valence-electron chi connectivity index (χ0n) is 33.6. The minimum absolute atomic E-state index is 0.901. The zero-order chi connectivity index (χ0) is 42.0. The van der Waals surface area contributed by atoms with E-state index in [-0.39, 0.29) is 0 Å². The van der Waals surface area contributed by atoms with E-state index in [9.17, 15) is 0 Å². The SMILES string of the molecule is C(#Cc1ccc(C#Cc2ccc(C#Cc3ccc(C#Cc4cccc(C#Cc5ccc(C#Cc6ccc(C#Cc7ccccc7)cc6)cc5)c4)cc3)cc2)cc1)c1ccccc1. The fourth-order valence-corrected chi connectivity index (χ4v) is 5.91. The van der Waals surface area contributed by atoms with Gasteiger partial charge in [-0.1, -0.05) is 125 Å². The maximum atomic E-state index is 3.27. The summed E-state index contributed by atoms with van der Waals surface area (Å²) in [5.41, 5.74) is 13.1. The number of hydrogen-bond donors (Lipinski definition) is 0. The van der Waals surface area contributed by atoms with Crippen LogP contribution in [0.4, 0.5) is 0 Å². The lowest BCUT2D eigenvalue weighted by atomic mass is 10.1. The quantitative estimate of drug-likeness (QED) is 0.135. The van der Waals surface area contributed by atoms with Gasteiger partial charge in [0.05, 0.1) is 0 Å². The molecule has 0 saturated heterocycles. The Labute approximate surface area is 365 Å². The van der Waals surface area contributed by atoms with E-state index < -0.39 is 0 Å². The van der Waals surface area contributed by atoms with Gasteiger partial charge in [0.2, 0.25) is 0 Å². The molecule has 8 aromatic carbocycles. The molecule has 0 aromatic heterocycles. The third-order valence-corrected chi connectivity index (χ3v) is 9.29. The Morgan fingerprint density at radius 2 is 0.274 bits per heavy atom. The van der Waals surface area contributed by atoms with Crippen molar-refractivity contribution in [2.24, 2.45) is 0 Å². The smallest absolute Gasteiger partial charge is 0.0261 e. The lowest BCUT2D eigenvalue weighted by molar-refractivity contribution is 1.57. The molecule has 62 heavy (non-hydrogen) atoms. The fraction of sp³-hybridized carbons (Fsp3) is 0. The lowest BCUT2D eigenvalue weighted by Crippen LogP contribution is -1.82. The van der Waals surface area contributed by atoms with E-state index in [1.165, 1.54) is 0 Å². The highest BCUT2D eigenvalue weighted by atomic mass is 14.0. The van der Waals surface area contributed by atoms with Gasteiger partial charge in [-0.3, -0.25) is 0 Å². The molecule has 0 unspecified atom stereocenters. The monoisotopic (exact) mass is 778 g/mol. The van der Waals surface area contributed by atoms with E-state index in [2.05, 4.69) is 82.9 Å². The van der Waals surface area contributed by atoms with E-state index in [4.69, 9.17) is 0 Å². The van der Waals surface area contributed by atoms with Gasteiger partial charge < -0.3 is 0 Å². The van der Waals surface area contributed by atoms with Crippen molar-refractivity contribution in [2.75, 3.05) is 0 Å². The average molecular weight is 779 g/mol. The Morgan fingerprint density at radius 3 is 0.468 bits per heavy atom. The molecule has 0 amide bonds. The van der Waals surface area contributed by atoms with Gasteiger partial charge in [-0.05, 0) is 164 Å². The molecular formula is C62H34. The zero-order valence-corrected chi connectivity index (χ0v) is 33.6. The second-order valence-electron chi connectivity index (χ2n) is 13.9. The molecule has 0 nitrogen and oxygen atoms in total. The Morgan fingerprint density at radius 1 is 0.129 bits per heavy atom. The van der Waals surface area contributed by atoms with Crippen LogP contribution >= 0.6 is 0 Å². The molecule has 0 N–H and O–H groups in total. The van der Waals surface area contributed by atoms with Gasteiger partial charge in [0.1, 0.15) is 0 Å². The molecule has 8 rings (SSSR count). The van der Waals surface area contributed by atoms with Crippen molar-refractivity contribution in [2.45, 2.75) is 0 Å². The third kappa shape index (κ3) is 12.1. The van der Waals surface area contributed by atoms with Crippen LogP contribution in [-0.2, 0) is 0 Å². The van der Waals surface area contributed by atoms with Crippen molar-refractivity contribution in [3.05, 3.63) is 284 Å². The first kappa shape index (κ1) is 39.5. The predicted octanol–water partition coefficient (Wildman–Crippen LogP) is 11.5.